The van der Waals surface area contributed by atoms with Gasteiger partial charge in [-0.05, 0) is 50.2 Å². The van der Waals surface area contributed by atoms with Gasteiger partial charge in [0.15, 0.2) is 5.82 Å². The smallest absolute Gasteiger partial charge is 0.282 e. The summed E-state index contributed by atoms with van der Waals surface area (Å²) in [6, 6.07) is 2.17. The van der Waals surface area contributed by atoms with Crippen molar-refractivity contribution in [1.29, 1.82) is 0 Å². The van der Waals surface area contributed by atoms with E-state index in [2.05, 4.69) is 21.2 Å². The lowest BCUT2D eigenvalue weighted by Crippen LogP contribution is -2.62. The van der Waals surface area contributed by atoms with Gasteiger partial charge in [0.05, 0.1) is 11.7 Å². The highest BCUT2D eigenvalue weighted by molar-refractivity contribution is 7.86. The van der Waals surface area contributed by atoms with Crippen LogP contribution in [0.3, 0.4) is 0 Å². The summed E-state index contributed by atoms with van der Waals surface area (Å²) < 4.78 is 29.1. The third-order valence-corrected chi connectivity index (χ3v) is 8.06. The molecule has 0 atom stereocenters. The molecule has 4 rings (SSSR count). The van der Waals surface area contributed by atoms with Gasteiger partial charge in [-0.2, -0.15) is 22.1 Å². The third kappa shape index (κ3) is 3.46. The van der Waals surface area contributed by atoms with E-state index < -0.39 is 10.2 Å². The molecule has 0 spiro atoms. The molecule has 0 amide bonds. The number of aromatic nitrogens is 2. The van der Waals surface area contributed by atoms with Crippen LogP contribution in [0.1, 0.15) is 49.8 Å². The molecule has 3 heterocycles. The first-order valence-electron chi connectivity index (χ1n) is 9.89. The van der Waals surface area contributed by atoms with Crippen LogP contribution in [0, 0.1) is 0 Å². The Kier molecular flexibility index (Phi) is 5.16. The Morgan fingerprint density at radius 1 is 1.00 bits per heavy atom. The second-order valence-electron chi connectivity index (χ2n) is 7.78. The number of anilines is 1. The molecular formula is C18H29N5O2S. The van der Waals surface area contributed by atoms with Crippen LogP contribution in [-0.4, -0.2) is 66.5 Å². The highest BCUT2D eigenvalue weighted by Gasteiger charge is 2.39. The van der Waals surface area contributed by atoms with Crippen molar-refractivity contribution in [2.45, 2.75) is 57.4 Å². The molecule has 3 aliphatic rings. The van der Waals surface area contributed by atoms with Gasteiger partial charge in [0, 0.05) is 33.2 Å². The lowest BCUT2D eigenvalue weighted by Gasteiger charge is -2.44. The van der Waals surface area contributed by atoms with Gasteiger partial charge < -0.3 is 4.90 Å². The highest BCUT2D eigenvalue weighted by Crippen LogP contribution is 2.27. The standard InChI is InChI=1S/C18H29N5O2S/c1-21(26(24,25)23-10-6-2-3-7-11-23)16-13-22(14-16)18-12-15-8-4-5-9-17(15)19-20-18/h12,16H,2-11,13-14H2,1H3. The van der Waals surface area contributed by atoms with E-state index in [9.17, 15) is 8.42 Å². The predicted molar refractivity (Wildman–Crippen MR) is 101 cm³/mol. The fourth-order valence-electron chi connectivity index (χ4n) is 4.15. The van der Waals surface area contributed by atoms with Crippen LogP contribution in [-0.2, 0) is 23.1 Å². The average molecular weight is 380 g/mol. The Morgan fingerprint density at radius 3 is 2.42 bits per heavy atom. The highest BCUT2D eigenvalue weighted by atomic mass is 32.2. The minimum absolute atomic E-state index is 0.0149. The van der Waals surface area contributed by atoms with Gasteiger partial charge in [0.25, 0.3) is 10.2 Å². The molecule has 2 saturated heterocycles. The van der Waals surface area contributed by atoms with Gasteiger partial charge in [-0.25, -0.2) is 0 Å². The van der Waals surface area contributed by atoms with Crippen LogP contribution in [0.15, 0.2) is 6.07 Å². The topological polar surface area (TPSA) is 69.6 Å². The van der Waals surface area contributed by atoms with Crippen LogP contribution in [0.5, 0.6) is 0 Å². The summed E-state index contributed by atoms with van der Waals surface area (Å²) in [4.78, 5) is 2.14. The molecule has 0 bridgehead atoms. The van der Waals surface area contributed by atoms with Crippen molar-refractivity contribution in [2.75, 3.05) is 38.1 Å². The van der Waals surface area contributed by atoms with E-state index in [1.165, 1.54) is 18.4 Å². The SMILES string of the molecule is CN(C1CN(c2cc3c(nn2)CCCC3)C1)S(=O)(=O)N1CCCCCC1. The third-order valence-electron chi connectivity index (χ3n) is 6.01. The molecule has 7 nitrogen and oxygen atoms in total. The monoisotopic (exact) mass is 379 g/mol. The number of hydrogen-bond donors (Lipinski definition) is 0. The Balaban J connectivity index is 1.39. The van der Waals surface area contributed by atoms with Gasteiger partial charge in [0.1, 0.15) is 0 Å². The maximum atomic E-state index is 12.9. The lowest BCUT2D eigenvalue weighted by molar-refractivity contribution is 0.280. The average Bonchev–Trinajstić information content (AvgIpc) is 2.90. The first-order chi connectivity index (χ1) is 12.6. The van der Waals surface area contributed by atoms with Crippen LogP contribution in [0.4, 0.5) is 5.82 Å². The van der Waals surface area contributed by atoms with E-state index in [0.717, 1.165) is 50.0 Å². The quantitative estimate of drug-likeness (QED) is 0.795. The zero-order chi connectivity index (χ0) is 18.1. The van der Waals surface area contributed by atoms with Gasteiger partial charge in [-0.3, -0.25) is 0 Å². The Hall–Kier alpha value is -1.25. The van der Waals surface area contributed by atoms with Crippen molar-refractivity contribution in [3.63, 3.8) is 0 Å². The minimum atomic E-state index is -3.36. The van der Waals surface area contributed by atoms with Crippen molar-refractivity contribution >= 4 is 16.0 Å². The van der Waals surface area contributed by atoms with E-state index in [1.807, 2.05) is 0 Å². The normalized spacial score (nSPS) is 22.8. The first-order valence-corrected chi connectivity index (χ1v) is 11.3. The maximum absolute atomic E-state index is 12.9. The summed E-state index contributed by atoms with van der Waals surface area (Å²) in [6.45, 7) is 2.69. The first kappa shape index (κ1) is 18.1. The summed E-state index contributed by atoms with van der Waals surface area (Å²) in [7, 11) is -1.64. The van der Waals surface area contributed by atoms with Crippen molar-refractivity contribution in [3.8, 4) is 0 Å². The van der Waals surface area contributed by atoms with Gasteiger partial charge in [0.2, 0.25) is 0 Å². The Bertz CT molecular complexity index is 740. The van der Waals surface area contributed by atoms with Crippen molar-refractivity contribution in [3.05, 3.63) is 17.3 Å². The molecule has 26 heavy (non-hydrogen) atoms. The van der Waals surface area contributed by atoms with Crippen molar-refractivity contribution in [1.82, 2.24) is 18.8 Å². The summed E-state index contributed by atoms with van der Waals surface area (Å²) >= 11 is 0. The molecule has 1 aliphatic carbocycles. The predicted octanol–water partition coefficient (Wildman–Crippen LogP) is 1.60. The number of fused-ring (bicyclic) bond motifs is 1. The molecule has 0 unspecified atom stereocenters. The van der Waals surface area contributed by atoms with Crippen LogP contribution >= 0.6 is 0 Å². The van der Waals surface area contributed by atoms with E-state index in [4.69, 9.17) is 0 Å². The minimum Gasteiger partial charge on any atom is -0.352 e. The summed E-state index contributed by atoms with van der Waals surface area (Å²) in [5.41, 5.74) is 2.45. The maximum Gasteiger partial charge on any atom is 0.282 e. The summed E-state index contributed by atoms with van der Waals surface area (Å²) in [6.07, 6.45) is 8.72. The van der Waals surface area contributed by atoms with Crippen LogP contribution in [0.2, 0.25) is 0 Å². The molecule has 0 saturated carbocycles. The molecule has 1 aromatic rings. The Morgan fingerprint density at radius 2 is 1.69 bits per heavy atom. The number of nitrogens with zero attached hydrogens (tertiary/aromatic N) is 5. The number of rotatable bonds is 4. The van der Waals surface area contributed by atoms with Gasteiger partial charge in [-0.15, -0.1) is 5.10 Å². The van der Waals surface area contributed by atoms with Crippen LogP contribution in [0.25, 0.3) is 0 Å². The molecular weight excluding hydrogens is 350 g/mol. The van der Waals surface area contributed by atoms with E-state index in [0.29, 0.717) is 26.2 Å². The van der Waals surface area contributed by atoms with Gasteiger partial charge >= 0.3 is 0 Å². The fraction of sp³-hybridized carbons (Fsp3) is 0.778. The van der Waals surface area contributed by atoms with Crippen molar-refractivity contribution < 1.29 is 8.42 Å². The fourth-order valence-corrected chi connectivity index (χ4v) is 5.74. The van der Waals surface area contributed by atoms with Crippen molar-refractivity contribution in [2.24, 2.45) is 0 Å². The second-order valence-corrected chi connectivity index (χ2v) is 9.77. The summed E-state index contributed by atoms with van der Waals surface area (Å²) in [5, 5.41) is 8.76. The molecule has 8 heteroatoms. The number of hydrogen-bond acceptors (Lipinski definition) is 5. The molecule has 0 radical (unpaired) electrons. The summed E-state index contributed by atoms with van der Waals surface area (Å²) in [5.74, 6) is 0.891. The molecule has 2 aliphatic heterocycles. The molecule has 0 N–H and O–H groups in total. The second kappa shape index (κ2) is 7.40. The van der Waals surface area contributed by atoms with Crippen LogP contribution < -0.4 is 4.90 Å². The van der Waals surface area contributed by atoms with Gasteiger partial charge in [-0.1, -0.05) is 12.8 Å². The Labute approximate surface area is 156 Å². The zero-order valence-corrected chi connectivity index (χ0v) is 16.4. The lowest BCUT2D eigenvalue weighted by atomic mass is 9.96. The molecule has 2 fully saturated rings. The molecule has 144 valence electrons. The number of aryl methyl sites for hydroxylation is 2. The van der Waals surface area contributed by atoms with E-state index in [-0.39, 0.29) is 6.04 Å². The molecule has 1 aromatic heterocycles. The zero-order valence-electron chi connectivity index (χ0n) is 15.6. The molecule has 0 aromatic carbocycles. The largest absolute Gasteiger partial charge is 0.352 e. The van der Waals surface area contributed by atoms with E-state index in [1.54, 1.807) is 15.7 Å². The van der Waals surface area contributed by atoms with E-state index >= 15 is 0 Å². The number of likely N-dealkylation sites (N-methyl/N-ethyl adjacent to an activating group) is 1.